The van der Waals surface area contributed by atoms with E-state index in [0.29, 0.717) is 5.69 Å². The molecule has 2 aromatic carbocycles. The summed E-state index contributed by atoms with van der Waals surface area (Å²) in [5.41, 5.74) is 1.29. The Hall–Kier alpha value is -2.69. The van der Waals surface area contributed by atoms with E-state index in [1.807, 2.05) is 31.1 Å². The summed E-state index contributed by atoms with van der Waals surface area (Å²) in [5, 5.41) is 22.1. The fraction of sp³-hybridized carbons (Fsp3) is 0.133. The van der Waals surface area contributed by atoms with Crippen LogP contribution in [-0.2, 0) is 0 Å². The van der Waals surface area contributed by atoms with Gasteiger partial charge in [0.05, 0.1) is 11.4 Å². The van der Waals surface area contributed by atoms with Crippen molar-refractivity contribution in [3.05, 3.63) is 48.0 Å². The number of anilines is 2. The van der Waals surface area contributed by atoms with Crippen molar-refractivity contribution in [3.8, 4) is 11.5 Å². The Kier molecular flexibility index (Phi) is 3.79. The highest BCUT2D eigenvalue weighted by Crippen LogP contribution is 2.29. The van der Waals surface area contributed by atoms with Gasteiger partial charge in [0, 0.05) is 14.1 Å². The first-order valence-electron chi connectivity index (χ1n) is 6.09. The molecule has 0 saturated heterocycles. The number of carbonyl (C=O) groups is 1. The molecule has 1 amide bonds. The number of carbonyl (C=O) groups excluding carboxylic acids is 1. The van der Waals surface area contributed by atoms with Gasteiger partial charge in [-0.1, -0.05) is 18.2 Å². The lowest BCUT2D eigenvalue weighted by molar-refractivity contribution is 0.102. The third-order valence-electron chi connectivity index (χ3n) is 2.88. The summed E-state index contributed by atoms with van der Waals surface area (Å²) in [4.78, 5) is 14.0. The van der Waals surface area contributed by atoms with Crippen LogP contribution in [0.5, 0.6) is 11.5 Å². The van der Waals surface area contributed by atoms with E-state index in [4.69, 9.17) is 0 Å². The van der Waals surface area contributed by atoms with Gasteiger partial charge in [0.15, 0.2) is 0 Å². The van der Waals surface area contributed by atoms with Gasteiger partial charge in [0.1, 0.15) is 17.1 Å². The molecule has 0 aliphatic rings. The van der Waals surface area contributed by atoms with Gasteiger partial charge in [-0.05, 0) is 24.3 Å². The quantitative estimate of drug-likeness (QED) is 0.802. The van der Waals surface area contributed by atoms with Gasteiger partial charge in [-0.2, -0.15) is 0 Å². The average molecular weight is 272 g/mol. The summed E-state index contributed by atoms with van der Waals surface area (Å²) in [7, 11) is 3.73. The van der Waals surface area contributed by atoms with E-state index < -0.39 is 5.91 Å². The van der Waals surface area contributed by atoms with Crippen molar-refractivity contribution in [1.82, 2.24) is 0 Å². The van der Waals surface area contributed by atoms with Gasteiger partial charge < -0.3 is 20.4 Å². The van der Waals surface area contributed by atoms with Crippen LogP contribution in [0.3, 0.4) is 0 Å². The summed E-state index contributed by atoms with van der Waals surface area (Å²) < 4.78 is 0. The van der Waals surface area contributed by atoms with E-state index in [0.717, 1.165) is 5.69 Å². The first kappa shape index (κ1) is 13.7. The standard InChI is InChI=1S/C15H16N2O3/c1-17(2)11-7-4-3-6-10(11)16-15(20)14-12(18)8-5-9-13(14)19/h3-9,18-19H,1-2H3,(H,16,20). The molecular formula is C15H16N2O3. The summed E-state index contributed by atoms with van der Waals surface area (Å²) >= 11 is 0. The van der Waals surface area contributed by atoms with Crippen LogP contribution in [0.15, 0.2) is 42.5 Å². The van der Waals surface area contributed by atoms with E-state index in [1.54, 1.807) is 12.1 Å². The van der Waals surface area contributed by atoms with E-state index >= 15 is 0 Å². The van der Waals surface area contributed by atoms with Gasteiger partial charge in [-0.25, -0.2) is 0 Å². The molecule has 0 aromatic heterocycles. The SMILES string of the molecule is CN(C)c1ccccc1NC(=O)c1c(O)cccc1O. The van der Waals surface area contributed by atoms with Crippen molar-refractivity contribution >= 4 is 17.3 Å². The number of hydrogen-bond acceptors (Lipinski definition) is 4. The second kappa shape index (κ2) is 5.52. The van der Waals surface area contributed by atoms with Crippen LogP contribution >= 0.6 is 0 Å². The second-order valence-electron chi connectivity index (χ2n) is 4.54. The molecule has 5 nitrogen and oxygen atoms in total. The number of aromatic hydroxyl groups is 2. The molecule has 0 unspecified atom stereocenters. The second-order valence-corrected chi connectivity index (χ2v) is 4.54. The van der Waals surface area contributed by atoms with Crippen LogP contribution < -0.4 is 10.2 Å². The first-order valence-corrected chi connectivity index (χ1v) is 6.09. The number of nitrogens with zero attached hydrogens (tertiary/aromatic N) is 1. The zero-order chi connectivity index (χ0) is 14.7. The molecule has 0 aliphatic carbocycles. The van der Waals surface area contributed by atoms with Crippen molar-refractivity contribution < 1.29 is 15.0 Å². The molecule has 0 saturated carbocycles. The number of rotatable bonds is 3. The molecule has 2 aromatic rings. The third kappa shape index (κ3) is 2.66. The Morgan fingerprint density at radius 2 is 1.60 bits per heavy atom. The maximum atomic E-state index is 12.2. The van der Waals surface area contributed by atoms with E-state index in [9.17, 15) is 15.0 Å². The molecule has 0 fully saturated rings. The average Bonchev–Trinajstić information content (AvgIpc) is 2.38. The summed E-state index contributed by atoms with van der Waals surface area (Å²) in [6.45, 7) is 0. The molecule has 0 bridgehead atoms. The summed E-state index contributed by atoms with van der Waals surface area (Å²) in [5.74, 6) is -1.08. The number of hydrogen-bond donors (Lipinski definition) is 3. The van der Waals surface area contributed by atoms with Crippen molar-refractivity contribution in [3.63, 3.8) is 0 Å². The van der Waals surface area contributed by atoms with Gasteiger partial charge in [-0.3, -0.25) is 4.79 Å². The number of nitrogens with one attached hydrogen (secondary N) is 1. The number of amides is 1. The predicted octanol–water partition coefficient (Wildman–Crippen LogP) is 2.42. The largest absolute Gasteiger partial charge is 0.507 e. The normalized spacial score (nSPS) is 10.1. The third-order valence-corrected chi connectivity index (χ3v) is 2.88. The maximum Gasteiger partial charge on any atom is 0.263 e. The smallest absolute Gasteiger partial charge is 0.263 e. The summed E-state index contributed by atoms with van der Waals surface area (Å²) in [6, 6.07) is 11.5. The van der Waals surface area contributed by atoms with E-state index in [2.05, 4.69) is 5.32 Å². The van der Waals surface area contributed by atoms with Crippen LogP contribution in [0, 0.1) is 0 Å². The zero-order valence-electron chi connectivity index (χ0n) is 11.3. The molecule has 2 rings (SSSR count). The molecule has 0 spiro atoms. The fourth-order valence-electron chi connectivity index (χ4n) is 1.92. The van der Waals surface area contributed by atoms with Gasteiger partial charge in [0.2, 0.25) is 0 Å². The first-order chi connectivity index (χ1) is 9.50. The minimum absolute atomic E-state index is 0.138. The van der Waals surface area contributed by atoms with E-state index in [1.165, 1.54) is 18.2 Å². The lowest BCUT2D eigenvalue weighted by atomic mass is 10.1. The maximum absolute atomic E-state index is 12.2. The van der Waals surface area contributed by atoms with Gasteiger partial charge in [0.25, 0.3) is 5.91 Å². The molecule has 20 heavy (non-hydrogen) atoms. The Morgan fingerprint density at radius 1 is 1.00 bits per heavy atom. The highest BCUT2D eigenvalue weighted by atomic mass is 16.3. The lowest BCUT2D eigenvalue weighted by Crippen LogP contribution is -2.16. The van der Waals surface area contributed by atoms with Crippen LogP contribution in [0.25, 0.3) is 0 Å². The minimum Gasteiger partial charge on any atom is -0.507 e. The molecule has 0 atom stereocenters. The van der Waals surface area contributed by atoms with E-state index in [-0.39, 0.29) is 17.1 Å². The van der Waals surface area contributed by atoms with Crippen molar-refractivity contribution in [2.24, 2.45) is 0 Å². The zero-order valence-corrected chi connectivity index (χ0v) is 11.3. The molecule has 5 heteroatoms. The number of phenolic OH excluding ortho intramolecular Hbond substituents is 2. The highest BCUT2D eigenvalue weighted by molar-refractivity contribution is 6.09. The minimum atomic E-state index is -0.560. The number of para-hydroxylation sites is 2. The monoisotopic (exact) mass is 272 g/mol. The molecule has 0 heterocycles. The van der Waals surface area contributed by atoms with Crippen molar-refractivity contribution in [2.75, 3.05) is 24.3 Å². The van der Waals surface area contributed by atoms with Gasteiger partial charge in [-0.15, -0.1) is 0 Å². The fourth-order valence-corrected chi connectivity index (χ4v) is 1.92. The molecule has 104 valence electrons. The van der Waals surface area contributed by atoms with Crippen molar-refractivity contribution in [1.29, 1.82) is 0 Å². The van der Waals surface area contributed by atoms with Crippen molar-refractivity contribution in [2.45, 2.75) is 0 Å². The Labute approximate surface area is 117 Å². The Morgan fingerprint density at radius 3 is 2.20 bits per heavy atom. The molecular weight excluding hydrogens is 256 g/mol. The Bertz CT molecular complexity index is 619. The number of benzene rings is 2. The predicted molar refractivity (Wildman–Crippen MR) is 78.5 cm³/mol. The lowest BCUT2D eigenvalue weighted by Gasteiger charge is -2.18. The molecule has 0 radical (unpaired) electrons. The van der Waals surface area contributed by atoms with Crippen LogP contribution in [0.2, 0.25) is 0 Å². The van der Waals surface area contributed by atoms with Crippen LogP contribution in [-0.4, -0.2) is 30.2 Å². The Balaban J connectivity index is 2.33. The van der Waals surface area contributed by atoms with Crippen LogP contribution in [0.1, 0.15) is 10.4 Å². The summed E-state index contributed by atoms with van der Waals surface area (Å²) in [6.07, 6.45) is 0. The molecule has 3 N–H and O–H groups in total. The number of phenols is 2. The highest BCUT2D eigenvalue weighted by Gasteiger charge is 2.17. The topological polar surface area (TPSA) is 72.8 Å². The van der Waals surface area contributed by atoms with Crippen LogP contribution in [0.4, 0.5) is 11.4 Å². The van der Waals surface area contributed by atoms with Gasteiger partial charge >= 0.3 is 0 Å². The molecule has 0 aliphatic heterocycles.